The topological polar surface area (TPSA) is 143 Å². The Hall–Kier alpha value is -4.40. The van der Waals surface area contributed by atoms with Gasteiger partial charge < -0.3 is 34.6 Å². The molecular weight excluding hydrogens is 432 g/mol. The monoisotopic (exact) mass is 452 g/mol. The predicted octanol–water partition coefficient (Wildman–Crippen LogP) is 3.34. The fourth-order valence-electron chi connectivity index (χ4n) is 3.63. The Balaban J connectivity index is 1.71. The Bertz CT molecular complexity index is 1230. The average Bonchev–Trinajstić information content (AvgIpc) is 2.75. The van der Waals surface area contributed by atoms with Gasteiger partial charge >= 0.3 is 11.9 Å². The van der Waals surface area contributed by atoms with Crippen LogP contribution >= 0.6 is 0 Å². The highest BCUT2D eigenvalue weighted by Gasteiger charge is 2.37. The van der Waals surface area contributed by atoms with E-state index in [1.807, 2.05) is 0 Å². The zero-order chi connectivity index (χ0) is 23.7. The Labute approximate surface area is 188 Å². The van der Waals surface area contributed by atoms with Gasteiger partial charge in [0, 0.05) is 36.6 Å². The lowest BCUT2D eigenvalue weighted by molar-refractivity contribution is -0.131. The summed E-state index contributed by atoms with van der Waals surface area (Å²) in [7, 11) is 0. The lowest BCUT2D eigenvalue weighted by Gasteiger charge is -2.34. The van der Waals surface area contributed by atoms with Crippen LogP contribution in [0.4, 0.5) is 0 Å². The van der Waals surface area contributed by atoms with E-state index < -0.39 is 29.9 Å². The van der Waals surface area contributed by atoms with Gasteiger partial charge in [-0.25, -0.2) is 4.79 Å². The van der Waals surface area contributed by atoms with Crippen molar-refractivity contribution in [2.24, 2.45) is 0 Å². The number of benzene rings is 3. The van der Waals surface area contributed by atoms with Gasteiger partial charge in [-0.15, -0.1) is 0 Å². The molecule has 170 valence electrons. The number of carbonyl (C=O) groups excluding carboxylic acids is 2. The largest absolute Gasteiger partial charge is 0.508 e. The summed E-state index contributed by atoms with van der Waals surface area (Å²) in [6, 6.07) is 12.5. The number of hydrogen-bond donors (Lipinski definition) is 4. The quantitative estimate of drug-likeness (QED) is 0.266. The minimum Gasteiger partial charge on any atom is -0.508 e. The third-order valence-electron chi connectivity index (χ3n) is 5.11. The number of aromatic hydroxyl groups is 4. The van der Waals surface area contributed by atoms with Crippen molar-refractivity contribution in [2.45, 2.75) is 25.6 Å². The fraction of sp³-hybridized carbons (Fsp3) is 0.167. The van der Waals surface area contributed by atoms with Gasteiger partial charge in [-0.2, -0.15) is 0 Å². The SMILES string of the molecule is CC(=O)Oc1ccccc1C(=O)OC1Cc2c(O)cc(O)cc2OC1c1ccc(O)c(O)c1. The summed E-state index contributed by atoms with van der Waals surface area (Å²) in [4.78, 5) is 24.4. The van der Waals surface area contributed by atoms with Gasteiger partial charge in [-0.05, 0) is 24.3 Å². The Morgan fingerprint density at radius 3 is 2.42 bits per heavy atom. The van der Waals surface area contributed by atoms with Crippen LogP contribution in [0.25, 0.3) is 0 Å². The number of hydrogen-bond acceptors (Lipinski definition) is 9. The molecule has 0 saturated carbocycles. The normalized spacial score (nSPS) is 16.9. The smallest absolute Gasteiger partial charge is 0.342 e. The molecule has 9 heteroatoms. The highest BCUT2D eigenvalue weighted by atomic mass is 16.6. The number of rotatable bonds is 4. The van der Waals surface area contributed by atoms with Crippen molar-refractivity contribution in [3.63, 3.8) is 0 Å². The molecule has 4 N–H and O–H groups in total. The first-order valence-electron chi connectivity index (χ1n) is 9.94. The molecule has 0 radical (unpaired) electrons. The van der Waals surface area contributed by atoms with E-state index in [2.05, 4.69) is 0 Å². The summed E-state index contributed by atoms with van der Waals surface area (Å²) >= 11 is 0. The molecule has 0 bridgehead atoms. The maximum Gasteiger partial charge on any atom is 0.342 e. The summed E-state index contributed by atoms with van der Waals surface area (Å²) in [6.45, 7) is 1.21. The van der Waals surface area contributed by atoms with E-state index in [1.54, 1.807) is 12.1 Å². The first kappa shape index (κ1) is 21.8. The van der Waals surface area contributed by atoms with Crippen LogP contribution in [0.15, 0.2) is 54.6 Å². The van der Waals surface area contributed by atoms with Gasteiger partial charge in [0.15, 0.2) is 17.6 Å². The minimum absolute atomic E-state index is 0.0146. The van der Waals surface area contributed by atoms with E-state index in [4.69, 9.17) is 14.2 Å². The van der Waals surface area contributed by atoms with E-state index in [-0.39, 0.29) is 40.7 Å². The van der Waals surface area contributed by atoms with Crippen molar-refractivity contribution in [2.75, 3.05) is 0 Å². The van der Waals surface area contributed by atoms with E-state index in [1.165, 1.54) is 43.3 Å². The van der Waals surface area contributed by atoms with Gasteiger partial charge in [0.2, 0.25) is 0 Å². The van der Waals surface area contributed by atoms with Crippen LogP contribution in [-0.2, 0) is 16.0 Å². The standard InChI is InChI=1S/C24H20O9/c1-12(25)31-20-5-3-2-4-15(20)24(30)33-22-11-16-18(28)9-14(26)10-21(16)32-23(22)13-6-7-17(27)19(29)8-13/h2-10,22-23,26-29H,11H2,1H3. The van der Waals surface area contributed by atoms with Crippen molar-refractivity contribution in [1.29, 1.82) is 0 Å². The summed E-state index contributed by atoms with van der Waals surface area (Å²) < 4.78 is 16.7. The summed E-state index contributed by atoms with van der Waals surface area (Å²) in [5.74, 6) is -2.39. The van der Waals surface area contributed by atoms with Crippen LogP contribution in [0, 0.1) is 0 Å². The Morgan fingerprint density at radius 2 is 1.70 bits per heavy atom. The third kappa shape index (κ3) is 4.47. The van der Waals surface area contributed by atoms with E-state index in [9.17, 15) is 30.0 Å². The molecule has 0 aliphatic carbocycles. The number of phenols is 4. The van der Waals surface area contributed by atoms with Crippen molar-refractivity contribution in [3.05, 3.63) is 71.3 Å². The van der Waals surface area contributed by atoms with E-state index >= 15 is 0 Å². The van der Waals surface area contributed by atoms with Gasteiger partial charge in [0.25, 0.3) is 0 Å². The van der Waals surface area contributed by atoms with Gasteiger partial charge in [0.1, 0.15) is 34.7 Å². The van der Waals surface area contributed by atoms with Crippen LogP contribution in [0.5, 0.6) is 34.5 Å². The number of para-hydroxylation sites is 1. The van der Waals surface area contributed by atoms with Crippen LogP contribution in [0.3, 0.4) is 0 Å². The maximum absolute atomic E-state index is 13.0. The third-order valence-corrected chi connectivity index (χ3v) is 5.11. The highest BCUT2D eigenvalue weighted by molar-refractivity contribution is 5.93. The van der Waals surface area contributed by atoms with Gasteiger partial charge in [-0.3, -0.25) is 4.79 Å². The molecule has 4 rings (SSSR count). The zero-order valence-corrected chi connectivity index (χ0v) is 17.4. The number of fused-ring (bicyclic) bond motifs is 1. The molecule has 2 atom stereocenters. The second-order valence-electron chi connectivity index (χ2n) is 7.47. The first-order valence-corrected chi connectivity index (χ1v) is 9.94. The molecule has 9 nitrogen and oxygen atoms in total. The maximum atomic E-state index is 13.0. The summed E-state index contributed by atoms with van der Waals surface area (Å²) in [5.41, 5.74) is 0.712. The molecule has 3 aromatic carbocycles. The molecule has 33 heavy (non-hydrogen) atoms. The van der Waals surface area contributed by atoms with Crippen molar-refractivity contribution in [1.82, 2.24) is 0 Å². The minimum atomic E-state index is -0.977. The Morgan fingerprint density at radius 1 is 0.939 bits per heavy atom. The number of esters is 2. The highest BCUT2D eigenvalue weighted by Crippen LogP contribution is 2.44. The van der Waals surface area contributed by atoms with E-state index in [0.717, 1.165) is 6.07 Å². The number of phenolic OH excluding ortho intramolecular Hbond substituents is 4. The molecule has 0 amide bonds. The molecule has 3 aromatic rings. The lowest BCUT2D eigenvalue weighted by atomic mass is 9.93. The summed E-state index contributed by atoms with van der Waals surface area (Å²) in [5, 5.41) is 39.7. The van der Waals surface area contributed by atoms with E-state index in [0.29, 0.717) is 11.1 Å². The molecule has 2 unspecified atom stereocenters. The van der Waals surface area contributed by atoms with Crippen molar-refractivity contribution in [3.8, 4) is 34.5 Å². The fourth-order valence-corrected chi connectivity index (χ4v) is 3.63. The molecule has 0 spiro atoms. The van der Waals surface area contributed by atoms with Gasteiger partial charge in [0.05, 0.1) is 0 Å². The second kappa shape index (κ2) is 8.62. The first-order chi connectivity index (χ1) is 15.7. The zero-order valence-electron chi connectivity index (χ0n) is 17.4. The second-order valence-corrected chi connectivity index (χ2v) is 7.47. The lowest BCUT2D eigenvalue weighted by Crippen LogP contribution is -2.35. The van der Waals surface area contributed by atoms with Crippen LogP contribution in [0.2, 0.25) is 0 Å². The molecule has 1 heterocycles. The summed E-state index contributed by atoms with van der Waals surface area (Å²) in [6.07, 6.45) is -1.90. The molecule has 1 aliphatic heterocycles. The van der Waals surface area contributed by atoms with Crippen LogP contribution in [0.1, 0.15) is 34.5 Å². The molecule has 0 saturated heterocycles. The van der Waals surface area contributed by atoms with Crippen molar-refractivity contribution >= 4 is 11.9 Å². The molecule has 0 aromatic heterocycles. The predicted molar refractivity (Wildman–Crippen MR) is 114 cm³/mol. The molecular formula is C24H20O9. The van der Waals surface area contributed by atoms with Crippen LogP contribution in [-0.4, -0.2) is 38.5 Å². The van der Waals surface area contributed by atoms with Crippen LogP contribution < -0.4 is 9.47 Å². The molecule has 1 aliphatic rings. The number of carbonyl (C=O) groups is 2. The van der Waals surface area contributed by atoms with Gasteiger partial charge in [-0.1, -0.05) is 18.2 Å². The average molecular weight is 452 g/mol. The Kier molecular flexibility index (Phi) is 5.70. The number of ether oxygens (including phenoxy) is 3. The molecule has 0 fully saturated rings. The van der Waals surface area contributed by atoms with Crippen molar-refractivity contribution < 1.29 is 44.2 Å².